The zero-order valence-electron chi connectivity index (χ0n) is 10.8. The standard InChI is InChI=1S/C14H17NO4/c1-19-12-8-3-2-6-10(12)13(16)15-9-5-4-7-11(15)14(17)18/h2-3,6,8,11H,4-5,7,9H2,1H3,(H,17,18). The number of hydrogen-bond acceptors (Lipinski definition) is 3. The number of para-hydroxylation sites is 1. The van der Waals surface area contributed by atoms with Gasteiger partial charge in [0.25, 0.3) is 5.91 Å². The van der Waals surface area contributed by atoms with Crippen molar-refractivity contribution < 1.29 is 19.4 Å². The minimum absolute atomic E-state index is 0.274. The highest BCUT2D eigenvalue weighted by atomic mass is 16.5. The van der Waals surface area contributed by atoms with E-state index in [1.807, 2.05) is 0 Å². The summed E-state index contributed by atoms with van der Waals surface area (Å²) in [4.78, 5) is 25.1. The van der Waals surface area contributed by atoms with Crippen molar-refractivity contribution >= 4 is 11.9 Å². The summed E-state index contributed by atoms with van der Waals surface area (Å²) < 4.78 is 5.16. The van der Waals surface area contributed by atoms with Crippen LogP contribution in [0.3, 0.4) is 0 Å². The number of rotatable bonds is 3. The van der Waals surface area contributed by atoms with Gasteiger partial charge in [0.15, 0.2) is 0 Å². The van der Waals surface area contributed by atoms with Crippen LogP contribution in [0.5, 0.6) is 5.75 Å². The third kappa shape index (κ3) is 2.70. The SMILES string of the molecule is COc1ccccc1C(=O)N1CCCCC1C(=O)O. The largest absolute Gasteiger partial charge is 0.496 e. The molecule has 1 heterocycles. The first-order valence-electron chi connectivity index (χ1n) is 6.32. The molecule has 0 aliphatic carbocycles. The van der Waals surface area contributed by atoms with Crippen molar-refractivity contribution in [2.24, 2.45) is 0 Å². The van der Waals surface area contributed by atoms with E-state index in [0.29, 0.717) is 24.3 Å². The normalized spacial score (nSPS) is 19.0. The third-order valence-corrected chi connectivity index (χ3v) is 3.39. The molecule has 1 aromatic rings. The zero-order valence-corrected chi connectivity index (χ0v) is 10.8. The van der Waals surface area contributed by atoms with E-state index in [1.165, 1.54) is 12.0 Å². The molecule has 1 fully saturated rings. The number of piperidine rings is 1. The van der Waals surface area contributed by atoms with E-state index in [-0.39, 0.29) is 5.91 Å². The Bertz CT molecular complexity index is 486. The summed E-state index contributed by atoms with van der Waals surface area (Å²) in [5, 5.41) is 9.21. The Balaban J connectivity index is 2.29. The number of methoxy groups -OCH3 is 1. The molecule has 102 valence electrons. The van der Waals surface area contributed by atoms with Crippen LogP contribution in [-0.2, 0) is 4.79 Å². The minimum atomic E-state index is -0.942. The average Bonchev–Trinajstić information content (AvgIpc) is 2.46. The number of hydrogen-bond donors (Lipinski definition) is 1. The molecule has 1 aliphatic heterocycles. The van der Waals surface area contributed by atoms with Crippen LogP contribution in [0, 0.1) is 0 Å². The molecule has 0 radical (unpaired) electrons. The van der Waals surface area contributed by atoms with Crippen molar-refractivity contribution in [2.45, 2.75) is 25.3 Å². The van der Waals surface area contributed by atoms with Crippen LogP contribution in [-0.4, -0.2) is 41.6 Å². The number of nitrogens with zero attached hydrogens (tertiary/aromatic N) is 1. The van der Waals surface area contributed by atoms with E-state index in [2.05, 4.69) is 0 Å². The predicted molar refractivity (Wildman–Crippen MR) is 69.3 cm³/mol. The van der Waals surface area contributed by atoms with E-state index in [0.717, 1.165) is 12.8 Å². The molecule has 5 heteroatoms. The molecule has 2 rings (SSSR count). The summed E-state index contributed by atoms with van der Waals surface area (Å²) in [6.45, 7) is 0.480. The monoisotopic (exact) mass is 263 g/mol. The van der Waals surface area contributed by atoms with Gasteiger partial charge in [-0.25, -0.2) is 4.79 Å². The van der Waals surface area contributed by atoms with Crippen molar-refractivity contribution in [3.05, 3.63) is 29.8 Å². The Labute approximate surface area is 111 Å². The Hall–Kier alpha value is -2.04. The maximum absolute atomic E-state index is 12.5. The number of carboxylic acids is 1. The van der Waals surface area contributed by atoms with Gasteiger partial charge in [0.1, 0.15) is 11.8 Å². The van der Waals surface area contributed by atoms with Gasteiger partial charge in [0.05, 0.1) is 12.7 Å². The number of carbonyl (C=O) groups excluding carboxylic acids is 1. The second kappa shape index (κ2) is 5.73. The molecular formula is C14H17NO4. The smallest absolute Gasteiger partial charge is 0.326 e. The van der Waals surface area contributed by atoms with E-state index < -0.39 is 12.0 Å². The zero-order chi connectivity index (χ0) is 13.8. The Morgan fingerprint density at radius 1 is 1.32 bits per heavy atom. The number of likely N-dealkylation sites (tertiary alicyclic amines) is 1. The quantitative estimate of drug-likeness (QED) is 0.902. The van der Waals surface area contributed by atoms with Crippen molar-refractivity contribution in [3.8, 4) is 5.75 Å². The number of amides is 1. The highest BCUT2D eigenvalue weighted by molar-refractivity contribution is 5.99. The summed E-state index contributed by atoms with van der Waals surface area (Å²) in [5.41, 5.74) is 0.415. The van der Waals surface area contributed by atoms with Crippen molar-refractivity contribution in [1.82, 2.24) is 4.90 Å². The number of carbonyl (C=O) groups is 2. The molecule has 0 aromatic heterocycles. The highest BCUT2D eigenvalue weighted by Gasteiger charge is 2.33. The van der Waals surface area contributed by atoms with Crippen LogP contribution in [0.1, 0.15) is 29.6 Å². The van der Waals surface area contributed by atoms with Gasteiger partial charge < -0.3 is 14.7 Å². The lowest BCUT2D eigenvalue weighted by molar-refractivity contribution is -0.143. The lowest BCUT2D eigenvalue weighted by Gasteiger charge is -2.33. The molecule has 1 unspecified atom stereocenters. The van der Waals surface area contributed by atoms with Gasteiger partial charge >= 0.3 is 5.97 Å². The summed E-state index contributed by atoms with van der Waals surface area (Å²) in [7, 11) is 1.50. The topological polar surface area (TPSA) is 66.8 Å². The molecule has 0 bridgehead atoms. The third-order valence-electron chi connectivity index (χ3n) is 3.39. The Kier molecular flexibility index (Phi) is 4.04. The van der Waals surface area contributed by atoms with Gasteiger partial charge in [-0.2, -0.15) is 0 Å². The minimum Gasteiger partial charge on any atom is -0.496 e. The van der Waals surface area contributed by atoms with Crippen LogP contribution in [0.15, 0.2) is 24.3 Å². The fraction of sp³-hybridized carbons (Fsp3) is 0.429. The molecule has 19 heavy (non-hydrogen) atoms. The van der Waals surface area contributed by atoms with Crippen molar-refractivity contribution in [1.29, 1.82) is 0 Å². The molecule has 1 amide bonds. The van der Waals surface area contributed by atoms with Crippen molar-refractivity contribution in [2.75, 3.05) is 13.7 Å². The summed E-state index contributed by atoms with van der Waals surface area (Å²) in [6, 6.07) is 6.16. The molecule has 0 spiro atoms. The molecule has 1 aliphatic rings. The number of aliphatic carboxylic acids is 1. The number of ether oxygens (including phenoxy) is 1. The van der Waals surface area contributed by atoms with E-state index in [1.54, 1.807) is 24.3 Å². The molecule has 1 atom stereocenters. The van der Waals surface area contributed by atoms with Crippen LogP contribution >= 0.6 is 0 Å². The maximum Gasteiger partial charge on any atom is 0.326 e. The lowest BCUT2D eigenvalue weighted by atomic mass is 10.0. The second-order valence-corrected chi connectivity index (χ2v) is 4.55. The molecule has 1 saturated heterocycles. The molecular weight excluding hydrogens is 246 g/mol. The lowest BCUT2D eigenvalue weighted by Crippen LogP contribution is -2.48. The summed E-state index contributed by atoms with van der Waals surface area (Å²) in [6.07, 6.45) is 2.19. The summed E-state index contributed by atoms with van der Waals surface area (Å²) in [5.74, 6) is -0.741. The highest BCUT2D eigenvalue weighted by Crippen LogP contribution is 2.24. The van der Waals surface area contributed by atoms with Gasteiger partial charge in [0, 0.05) is 6.54 Å². The fourth-order valence-electron chi connectivity index (χ4n) is 2.41. The number of carboxylic acid groups (broad SMARTS) is 1. The fourth-order valence-corrected chi connectivity index (χ4v) is 2.41. The van der Waals surface area contributed by atoms with Crippen LogP contribution in [0.2, 0.25) is 0 Å². The van der Waals surface area contributed by atoms with Crippen LogP contribution in [0.25, 0.3) is 0 Å². The first kappa shape index (κ1) is 13.4. The molecule has 0 saturated carbocycles. The number of benzene rings is 1. The second-order valence-electron chi connectivity index (χ2n) is 4.55. The van der Waals surface area contributed by atoms with Gasteiger partial charge in [-0.1, -0.05) is 12.1 Å². The maximum atomic E-state index is 12.5. The Morgan fingerprint density at radius 2 is 2.05 bits per heavy atom. The first-order valence-corrected chi connectivity index (χ1v) is 6.32. The molecule has 1 aromatic carbocycles. The average molecular weight is 263 g/mol. The van der Waals surface area contributed by atoms with E-state index in [4.69, 9.17) is 4.74 Å². The molecule has 5 nitrogen and oxygen atoms in total. The van der Waals surface area contributed by atoms with E-state index >= 15 is 0 Å². The van der Waals surface area contributed by atoms with E-state index in [9.17, 15) is 14.7 Å². The van der Waals surface area contributed by atoms with Gasteiger partial charge in [-0.05, 0) is 31.4 Å². The van der Waals surface area contributed by atoms with Gasteiger partial charge in [0.2, 0.25) is 0 Å². The van der Waals surface area contributed by atoms with Crippen LogP contribution in [0.4, 0.5) is 0 Å². The molecule has 1 N–H and O–H groups in total. The van der Waals surface area contributed by atoms with Gasteiger partial charge in [-0.3, -0.25) is 4.79 Å². The predicted octanol–water partition coefficient (Wildman–Crippen LogP) is 1.77. The van der Waals surface area contributed by atoms with Crippen LogP contribution < -0.4 is 4.74 Å². The van der Waals surface area contributed by atoms with Gasteiger partial charge in [-0.15, -0.1) is 0 Å². The first-order chi connectivity index (χ1) is 9.15. The Morgan fingerprint density at radius 3 is 2.74 bits per heavy atom. The summed E-state index contributed by atoms with van der Waals surface area (Å²) >= 11 is 0. The van der Waals surface area contributed by atoms with Crippen molar-refractivity contribution in [3.63, 3.8) is 0 Å².